The van der Waals surface area contributed by atoms with E-state index in [0.717, 1.165) is 37.4 Å². The van der Waals surface area contributed by atoms with E-state index in [0.29, 0.717) is 10.6 Å². The molecule has 3 aliphatic rings. The van der Waals surface area contributed by atoms with Crippen molar-refractivity contribution in [3.8, 4) is 5.75 Å². The van der Waals surface area contributed by atoms with Gasteiger partial charge >= 0.3 is 13.1 Å². The maximum atomic E-state index is 11.7. The van der Waals surface area contributed by atoms with E-state index in [1.807, 2.05) is 12.1 Å². The highest BCUT2D eigenvalue weighted by Crippen LogP contribution is 2.60. The quantitative estimate of drug-likeness (QED) is 0.543. The summed E-state index contributed by atoms with van der Waals surface area (Å²) in [4.78, 5) is 14.7. The third kappa shape index (κ3) is 2.74. The van der Waals surface area contributed by atoms with Gasteiger partial charge in [0.05, 0.1) is 0 Å². The Hall–Kier alpha value is -1.22. The molecule has 2 atom stereocenters. The zero-order valence-electron chi connectivity index (χ0n) is 12.6. The Morgan fingerprint density at radius 1 is 1.48 bits per heavy atom. The van der Waals surface area contributed by atoms with Crippen molar-refractivity contribution in [3.63, 3.8) is 0 Å². The largest absolute Gasteiger partial charge is 0.535 e. The SMILES string of the molecule is NC1CN(CCSc2ccc3c(c2C(=O)O)OB(O)C2CC32)C1. The lowest BCUT2D eigenvalue weighted by Crippen LogP contribution is -2.56. The molecule has 0 amide bonds. The maximum absolute atomic E-state index is 11.7. The second kappa shape index (κ2) is 5.70. The molecule has 2 unspecified atom stereocenters. The molecule has 23 heavy (non-hydrogen) atoms. The van der Waals surface area contributed by atoms with Gasteiger partial charge in [-0.15, -0.1) is 11.8 Å². The molecule has 0 radical (unpaired) electrons. The highest BCUT2D eigenvalue weighted by atomic mass is 32.2. The fraction of sp³-hybridized carbons (Fsp3) is 0.533. The van der Waals surface area contributed by atoms with Crippen LogP contribution in [0.25, 0.3) is 0 Å². The van der Waals surface area contributed by atoms with E-state index in [-0.39, 0.29) is 23.3 Å². The van der Waals surface area contributed by atoms with Crippen molar-refractivity contribution in [2.75, 3.05) is 25.4 Å². The van der Waals surface area contributed by atoms with Crippen molar-refractivity contribution in [2.45, 2.75) is 29.1 Å². The lowest BCUT2D eigenvalue weighted by Gasteiger charge is -2.36. The smallest absolute Gasteiger partial charge is 0.526 e. The standard InChI is InChI=1S/C15H19BN2O4S/c17-8-6-18(7-8)3-4-23-12-2-1-9-10-5-11(10)16(21)22-14(9)13(12)15(19)20/h1-2,8,10-11,21H,3-7,17H2,(H,19,20). The maximum Gasteiger partial charge on any atom is 0.526 e. The normalized spacial score (nSPS) is 26.1. The molecular formula is C15H19BN2O4S. The number of carbonyl (C=O) groups is 1. The molecule has 6 nitrogen and oxygen atoms in total. The summed E-state index contributed by atoms with van der Waals surface area (Å²) in [6.45, 7) is 2.71. The van der Waals surface area contributed by atoms with E-state index in [9.17, 15) is 14.9 Å². The zero-order valence-corrected chi connectivity index (χ0v) is 13.5. The minimum atomic E-state index is -0.998. The summed E-state index contributed by atoms with van der Waals surface area (Å²) >= 11 is 1.52. The van der Waals surface area contributed by atoms with E-state index in [2.05, 4.69) is 4.90 Å². The molecular weight excluding hydrogens is 315 g/mol. The van der Waals surface area contributed by atoms with Crippen molar-refractivity contribution < 1.29 is 19.6 Å². The van der Waals surface area contributed by atoms with Gasteiger partial charge in [0.15, 0.2) is 0 Å². The third-order valence-electron chi connectivity index (χ3n) is 4.86. The molecule has 8 heteroatoms. The highest BCUT2D eigenvalue weighted by Gasteiger charge is 2.54. The Bertz CT molecular complexity index is 653. The number of nitrogens with two attached hydrogens (primary N) is 1. The van der Waals surface area contributed by atoms with Gasteiger partial charge in [-0.25, -0.2) is 4.79 Å². The van der Waals surface area contributed by atoms with E-state index in [4.69, 9.17) is 10.4 Å². The fourth-order valence-corrected chi connectivity index (χ4v) is 4.55. The van der Waals surface area contributed by atoms with Crippen LogP contribution in [0.4, 0.5) is 0 Å². The van der Waals surface area contributed by atoms with Crippen LogP contribution in [0.15, 0.2) is 17.0 Å². The summed E-state index contributed by atoms with van der Waals surface area (Å²) in [5.74, 6) is 0.536. The molecule has 0 aromatic heterocycles. The van der Waals surface area contributed by atoms with Crippen LogP contribution in [0.5, 0.6) is 5.75 Å². The molecule has 1 aromatic carbocycles. The zero-order chi connectivity index (χ0) is 16.1. The molecule has 1 saturated heterocycles. The summed E-state index contributed by atoms with van der Waals surface area (Å²) in [6.07, 6.45) is 0.870. The molecule has 1 aliphatic carbocycles. The molecule has 4 rings (SSSR count). The van der Waals surface area contributed by atoms with E-state index in [1.165, 1.54) is 11.8 Å². The van der Waals surface area contributed by atoms with Crippen LogP contribution in [0.1, 0.15) is 28.3 Å². The van der Waals surface area contributed by atoms with Gasteiger partial charge in [0.1, 0.15) is 11.3 Å². The number of carboxylic acids is 1. The van der Waals surface area contributed by atoms with Crippen LogP contribution < -0.4 is 10.4 Å². The Morgan fingerprint density at radius 2 is 2.26 bits per heavy atom. The number of likely N-dealkylation sites (tertiary alicyclic amines) is 1. The fourth-order valence-electron chi connectivity index (χ4n) is 3.50. The average Bonchev–Trinajstić information content (AvgIpc) is 3.25. The summed E-state index contributed by atoms with van der Waals surface area (Å²) in [7, 11) is -0.881. The minimum Gasteiger partial charge on any atom is -0.535 e. The number of carboxylic acid groups (broad SMARTS) is 1. The van der Waals surface area contributed by atoms with Crippen molar-refractivity contribution in [3.05, 3.63) is 23.3 Å². The van der Waals surface area contributed by atoms with Gasteiger partial charge in [0, 0.05) is 42.1 Å². The minimum absolute atomic E-state index is 0.123. The van der Waals surface area contributed by atoms with Crippen LogP contribution >= 0.6 is 11.8 Å². The van der Waals surface area contributed by atoms with Crippen LogP contribution in [0.3, 0.4) is 0 Å². The average molecular weight is 334 g/mol. The lowest BCUT2D eigenvalue weighted by atomic mass is 9.77. The Kier molecular flexibility index (Phi) is 3.80. The number of thioether (sulfide) groups is 1. The Balaban J connectivity index is 1.52. The summed E-state index contributed by atoms with van der Waals surface area (Å²) < 4.78 is 5.53. The highest BCUT2D eigenvalue weighted by molar-refractivity contribution is 7.99. The van der Waals surface area contributed by atoms with Gasteiger partial charge in [-0.2, -0.15) is 0 Å². The number of aromatic carboxylic acids is 1. The number of benzene rings is 1. The van der Waals surface area contributed by atoms with Gasteiger partial charge in [-0.05, 0) is 24.0 Å². The van der Waals surface area contributed by atoms with Crippen molar-refractivity contribution >= 4 is 24.8 Å². The molecule has 4 N–H and O–H groups in total. The molecule has 2 fully saturated rings. The van der Waals surface area contributed by atoms with Gasteiger partial charge in [-0.1, -0.05) is 6.07 Å². The topological polar surface area (TPSA) is 96.0 Å². The first-order valence-corrected chi connectivity index (χ1v) is 8.89. The number of nitrogens with zero attached hydrogens (tertiary/aromatic N) is 1. The molecule has 122 valence electrons. The molecule has 0 bridgehead atoms. The second-order valence-corrected chi connectivity index (χ2v) is 7.68. The summed E-state index contributed by atoms with van der Waals surface area (Å²) in [6, 6.07) is 4.12. The van der Waals surface area contributed by atoms with Gasteiger partial charge < -0.3 is 20.5 Å². The van der Waals surface area contributed by atoms with Crippen molar-refractivity contribution in [1.82, 2.24) is 4.90 Å². The second-order valence-electron chi connectivity index (χ2n) is 6.54. The number of fused-ring (bicyclic) bond motifs is 3. The molecule has 1 saturated carbocycles. The van der Waals surface area contributed by atoms with Crippen LogP contribution in [-0.2, 0) is 0 Å². The van der Waals surface area contributed by atoms with Crippen LogP contribution in [0, 0.1) is 0 Å². The van der Waals surface area contributed by atoms with Crippen LogP contribution in [0.2, 0.25) is 5.82 Å². The Morgan fingerprint density at radius 3 is 2.96 bits per heavy atom. The molecule has 2 aliphatic heterocycles. The van der Waals surface area contributed by atoms with E-state index < -0.39 is 13.1 Å². The van der Waals surface area contributed by atoms with Gasteiger partial charge in [0.2, 0.25) is 0 Å². The lowest BCUT2D eigenvalue weighted by molar-refractivity contribution is 0.0690. The number of hydrogen-bond donors (Lipinski definition) is 3. The van der Waals surface area contributed by atoms with Crippen molar-refractivity contribution in [2.24, 2.45) is 5.73 Å². The predicted octanol–water partition coefficient (Wildman–Crippen LogP) is 0.850. The monoisotopic (exact) mass is 334 g/mol. The third-order valence-corrected chi connectivity index (χ3v) is 5.90. The van der Waals surface area contributed by atoms with Crippen molar-refractivity contribution in [1.29, 1.82) is 0 Å². The Labute approximate surface area is 139 Å². The van der Waals surface area contributed by atoms with E-state index >= 15 is 0 Å². The summed E-state index contributed by atoms with van der Waals surface area (Å²) in [5.41, 5.74) is 6.87. The first-order valence-electron chi connectivity index (χ1n) is 7.90. The number of hydrogen-bond acceptors (Lipinski definition) is 6. The van der Waals surface area contributed by atoms with Gasteiger partial charge in [0.25, 0.3) is 0 Å². The number of rotatable bonds is 5. The first-order chi connectivity index (χ1) is 11.0. The molecule has 1 aromatic rings. The molecule has 2 heterocycles. The van der Waals surface area contributed by atoms with Crippen LogP contribution in [-0.4, -0.2) is 59.5 Å². The summed E-state index contributed by atoms with van der Waals surface area (Å²) in [5, 5.41) is 19.5. The first kappa shape index (κ1) is 15.3. The van der Waals surface area contributed by atoms with Gasteiger partial charge in [-0.3, -0.25) is 4.90 Å². The predicted molar refractivity (Wildman–Crippen MR) is 88.2 cm³/mol. The van der Waals surface area contributed by atoms with E-state index in [1.54, 1.807) is 0 Å². The molecule has 0 spiro atoms.